The molecule has 0 unspecified atom stereocenters. The van der Waals surface area contributed by atoms with E-state index in [1.165, 1.54) is 0 Å². The van der Waals surface area contributed by atoms with E-state index < -0.39 is 0 Å². The first-order chi connectivity index (χ1) is 17.4. The number of hydrogen-bond acceptors (Lipinski definition) is 2. The summed E-state index contributed by atoms with van der Waals surface area (Å²) in [6.07, 6.45) is 1.82. The van der Waals surface area contributed by atoms with Crippen LogP contribution < -0.4 is 0 Å². The van der Waals surface area contributed by atoms with E-state index in [0.29, 0.717) is 0 Å². The predicted molar refractivity (Wildman–Crippen MR) is 146 cm³/mol. The quantitative estimate of drug-likeness (QED) is 0.264. The van der Waals surface area contributed by atoms with Gasteiger partial charge in [0.25, 0.3) is 0 Å². The van der Waals surface area contributed by atoms with E-state index in [1.807, 2.05) is 54.7 Å². The zero-order valence-electron chi connectivity index (χ0n) is 19.1. The zero-order valence-corrected chi connectivity index (χ0v) is 19.1. The van der Waals surface area contributed by atoms with E-state index in [2.05, 4.69) is 83.8 Å². The van der Waals surface area contributed by atoms with Crippen LogP contribution in [0.15, 0.2) is 132 Å². The number of rotatable bonds is 5. The normalized spacial score (nSPS) is 11.3. The molecule has 1 heterocycles. The molecule has 0 bridgehead atoms. The Morgan fingerprint density at radius 2 is 1.03 bits per heavy atom. The average Bonchev–Trinajstić information content (AvgIpc) is 3.37. The van der Waals surface area contributed by atoms with Crippen LogP contribution in [0.25, 0.3) is 44.4 Å². The van der Waals surface area contributed by atoms with Crippen LogP contribution in [-0.2, 0) is 0 Å². The Hall–Kier alpha value is -4.76. The van der Waals surface area contributed by atoms with Gasteiger partial charge in [-0.15, -0.1) is 0 Å². The summed E-state index contributed by atoms with van der Waals surface area (Å²) in [4.78, 5) is 13.4. The Labute approximate surface area is 204 Å². The molecule has 0 spiro atoms. The summed E-state index contributed by atoms with van der Waals surface area (Å²) < 4.78 is 0. The third-order valence-corrected chi connectivity index (χ3v) is 6.15. The third kappa shape index (κ3) is 4.16. The van der Waals surface area contributed by atoms with Gasteiger partial charge in [0.15, 0.2) is 0 Å². The predicted octanol–water partition coefficient (Wildman–Crippen LogP) is 8.31. The highest BCUT2D eigenvalue weighted by atomic mass is 14.9. The standard InChI is InChI=1S/C32H23N3/c1-4-12-23(13-5-1)26-18-10-11-19-29(26)33-22-30-34-31-27(24-14-6-2-7-15-24)20-21-28(32(31)35-30)25-16-8-3-9-17-25/h1-22H,(H,34,35)/b33-22+. The van der Waals surface area contributed by atoms with Crippen molar-refractivity contribution in [1.82, 2.24) is 9.97 Å². The molecule has 0 saturated heterocycles. The van der Waals surface area contributed by atoms with Crippen LogP contribution >= 0.6 is 0 Å². The number of benzene rings is 5. The van der Waals surface area contributed by atoms with Gasteiger partial charge in [0.1, 0.15) is 5.82 Å². The van der Waals surface area contributed by atoms with Crippen molar-refractivity contribution < 1.29 is 0 Å². The molecule has 6 rings (SSSR count). The molecule has 5 aromatic carbocycles. The molecule has 0 saturated carbocycles. The van der Waals surface area contributed by atoms with Gasteiger partial charge in [-0.3, -0.25) is 4.99 Å². The highest BCUT2D eigenvalue weighted by molar-refractivity contribution is 6.02. The summed E-state index contributed by atoms with van der Waals surface area (Å²) >= 11 is 0. The second-order valence-electron chi connectivity index (χ2n) is 8.38. The van der Waals surface area contributed by atoms with Gasteiger partial charge in [0.2, 0.25) is 0 Å². The van der Waals surface area contributed by atoms with E-state index in [1.54, 1.807) is 0 Å². The van der Waals surface area contributed by atoms with Crippen molar-refractivity contribution in [1.29, 1.82) is 0 Å². The first kappa shape index (κ1) is 20.8. The lowest BCUT2D eigenvalue weighted by molar-refractivity contribution is 1.30. The van der Waals surface area contributed by atoms with Crippen LogP contribution in [-0.4, -0.2) is 16.2 Å². The van der Waals surface area contributed by atoms with Gasteiger partial charge in [-0.05, 0) is 22.8 Å². The van der Waals surface area contributed by atoms with Crippen LogP contribution in [0.3, 0.4) is 0 Å². The number of aromatic amines is 1. The van der Waals surface area contributed by atoms with Crippen LogP contribution in [0.5, 0.6) is 0 Å². The van der Waals surface area contributed by atoms with Gasteiger partial charge in [-0.2, -0.15) is 0 Å². The molecule has 166 valence electrons. The second-order valence-corrected chi connectivity index (χ2v) is 8.38. The summed E-state index contributed by atoms with van der Waals surface area (Å²) in [5, 5.41) is 0. The molecule has 0 atom stereocenters. The fraction of sp³-hybridized carbons (Fsp3) is 0. The molecule has 0 aliphatic carbocycles. The van der Waals surface area contributed by atoms with Gasteiger partial charge >= 0.3 is 0 Å². The average molecular weight is 450 g/mol. The highest BCUT2D eigenvalue weighted by Crippen LogP contribution is 2.34. The molecule has 0 aliphatic heterocycles. The highest BCUT2D eigenvalue weighted by Gasteiger charge is 2.14. The van der Waals surface area contributed by atoms with Crippen molar-refractivity contribution in [3.63, 3.8) is 0 Å². The Balaban J connectivity index is 1.48. The molecular weight excluding hydrogens is 426 g/mol. The topological polar surface area (TPSA) is 41.0 Å². The SMILES string of the molecule is C(=N\c1ccccc1-c1ccccc1)/c1nc2c(-c3ccccc3)ccc(-c3ccccc3)c2[nH]1. The fourth-order valence-electron chi connectivity index (χ4n) is 4.46. The maximum atomic E-state index is 4.99. The molecule has 6 aromatic rings. The summed E-state index contributed by atoms with van der Waals surface area (Å²) in [5.41, 5.74) is 9.60. The lowest BCUT2D eigenvalue weighted by Gasteiger charge is -2.07. The van der Waals surface area contributed by atoms with E-state index in [-0.39, 0.29) is 0 Å². The van der Waals surface area contributed by atoms with Crippen LogP contribution in [0.1, 0.15) is 5.82 Å². The second kappa shape index (κ2) is 9.24. The van der Waals surface area contributed by atoms with E-state index in [0.717, 1.165) is 55.9 Å². The molecule has 0 fully saturated rings. The third-order valence-electron chi connectivity index (χ3n) is 6.15. The maximum absolute atomic E-state index is 4.99. The summed E-state index contributed by atoms with van der Waals surface area (Å²) in [5.74, 6) is 0.725. The Bertz CT molecular complexity index is 1540. The number of nitrogens with one attached hydrogen (secondary N) is 1. The van der Waals surface area contributed by atoms with E-state index in [9.17, 15) is 0 Å². The van der Waals surface area contributed by atoms with E-state index in [4.69, 9.17) is 9.98 Å². The molecular formula is C32H23N3. The van der Waals surface area contributed by atoms with Crippen molar-refractivity contribution in [2.45, 2.75) is 0 Å². The summed E-state index contributed by atoms with van der Waals surface area (Å²) in [7, 11) is 0. The number of hydrogen-bond donors (Lipinski definition) is 1. The molecule has 3 heteroatoms. The number of aromatic nitrogens is 2. The fourth-order valence-corrected chi connectivity index (χ4v) is 4.46. The number of H-pyrrole nitrogens is 1. The Morgan fingerprint density at radius 1 is 0.514 bits per heavy atom. The number of para-hydroxylation sites is 1. The molecule has 1 N–H and O–H groups in total. The zero-order chi connectivity index (χ0) is 23.5. The molecule has 3 nitrogen and oxygen atoms in total. The van der Waals surface area contributed by atoms with Gasteiger partial charge in [0.05, 0.1) is 22.9 Å². The smallest absolute Gasteiger partial charge is 0.149 e. The van der Waals surface area contributed by atoms with Gasteiger partial charge in [-0.25, -0.2) is 4.98 Å². The Morgan fingerprint density at radius 3 is 1.69 bits per heavy atom. The largest absolute Gasteiger partial charge is 0.337 e. The van der Waals surface area contributed by atoms with Gasteiger partial charge in [-0.1, -0.05) is 121 Å². The molecule has 0 amide bonds. The van der Waals surface area contributed by atoms with Crippen molar-refractivity contribution in [2.75, 3.05) is 0 Å². The monoisotopic (exact) mass is 449 g/mol. The minimum Gasteiger partial charge on any atom is -0.337 e. The number of aliphatic imine (C=N–C) groups is 1. The van der Waals surface area contributed by atoms with Crippen molar-refractivity contribution >= 4 is 22.9 Å². The first-order valence-corrected chi connectivity index (χ1v) is 11.7. The number of imidazole rings is 1. The van der Waals surface area contributed by atoms with Crippen molar-refractivity contribution in [3.05, 3.63) is 133 Å². The minimum absolute atomic E-state index is 0.725. The van der Waals surface area contributed by atoms with Crippen LogP contribution in [0, 0.1) is 0 Å². The maximum Gasteiger partial charge on any atom is 0.149 e. The minimum atomic E-state index is 0.725. The number of nitrogens with zero attached hydrogens (tertiary/aromatic N) is 2. The Kier molecular flexibility index (Phi) is 5.50. The van der Waals surface area contributed by atoms with Crippen molar-refractivity contribution in [3.8, 4) is 33.4 Å². The van der Waals surface area contributed by atoms with E-state index >= 15 is 0 Å². The van der Waals surface area contributed by atoms with Crippen LogP contribution in [0.4, 0.5) is 5.69 Å². The van der Waals surface area contributed by atoms with Gasteiger partial charge in [0, 0.05) is 16.7 Å². The van der Waals surface area contributed by atoms with Gasteiger partial charge < -0.3 is 4.98 Å². The first-order valence-electron chi connectivity index (χ1n) is 11.7. The number of fused-ring (bicyclic) bond motifs is 1. The van der Waals surface area contributed by atoms with Crippen LogP contribution in [0.2, 0.25) is 0 Å². The van der Waals surface area contributed by atoms with Crippen molar-refractivity contribution in [2.24, 2.45) is 4.99 Å². The molecule has 1 aromatic heterocycles. The summed E-state index contributed by atoms with van der Waals surface area (Å²) in [6.45, 7) is 0. The molecule has 0 radical (unpaired) electrons. The lowest BCUT2D eigenvalue weighted by Crippen LogP contribution is -1.85. The molecule has 35 heavy (non-hydrogen) atoms. The summed E-state index contributed by atoms with van der Waals surface area (Å²) in [6, 6.07) is 43.6. The lowest BCUT2D eigenvalue weighted by atomic mass is 9.98. The molecule has 0 aliphatic rings.